The SMILES string of the molecule is COc1ccc(C2CCN(S(=O)(=O)CC(C#Cc3ccccc3)NC=O)CC2)cc1. The van der Waals surface area contributed by atoms with Gasteiger partial charge in [0, 0.05) is 18.7 Å². The second kappa shape index (κ2) is 10.3. The lowest BCUT2D eigenvalue weighted by molar-refractivity contribution is -0.109. The number of nitrogens with zero attached hydrogens (tertiary/aromatic N) is 1. The molecule has 30 heavy (non-hydrogen) atoms. The molecule has 158 valence electrons. The topological polar surface area (TPSA) is 75.7 Å². The highest BCUT2D eigenvalue weighted by Gasteiger charge is 2.30. The van der Waals surface area contributed by atoms with Crippen molar-refractivity contribution in [1.82, 2.24) is 9.62 Å². The van der Waals surface area contributed by atoms with E-state index < -0.39 is 16.1 Å². The summed E-state index contributed by atoms with van der Waals surface area (Å²) >= 11 is 0. The highest BCUT2D eigenvalue weighted by molar-refractivity contribution is 7.89. The summed E-state index contributed by atoms with van der Waals surface area (Å²) < 4.78 is 32.5. The molecule has 6 nitrogen and oxygen atoms in total. The second-order valence-corrected chi connectivity index (χ2v) is 9.21. The number of rotatable bonds is 7. The Morgan fingerprint density at radius 2 is 1.80 bits per heavy atom. The zero-order chi connectivity index (χ0) is 21.4. The predicted molar refractivity (Wildman–Crippen MR) is 117 cm³/mol. The van der Waals surface area contributed by atoms with Crippen LogP contribution in [0.25, 0.3) is 0 Å². The third-order valence-electron chi connectivity index (χ3n) is 5.25. The van der Waals surface area contributed by atoms with Gasteiger partial charge in [0.15, 0.2) is 0 Å². The Bertz CT molecular complexity index is 987. The molecule has 1 unspecified atom stereocenters. The lowest BCUT2D eigenvalue weighted by Gasteiger charge is -2.32. The fourth-order valence-electron chi connectivity index (χ4n) is 3.56. The zero-order valence-electron chi connectivity index (χ0n) is 17.0. The van der Waals surface area contributed by atoms with Crippen LogP contribution < -0.4 is 10.1 Å². The molecule has 3 rings (SSSR count). The summed E-state index contributed by atoms with van der Waals surface area (Å²) in [6, 6.07) is 16.4. The van der Waals surface area contributed by atoms with Crippen molar-refractivity contribution in [3.8, 4) is 17.6 Å². The molecule has 2 aromatic carbocycles. The van der Waals surface area contributed by atoms with Crippen LogP contribution in [0.15, 0.2) is 54.6 Å². The molecule has 0 aromatic heterocycles. The largest absolute Gasteiger partial charge is 0.497 e. The summed E-state index contributed by atoms with van der Waals surface area (Å²) in [5.41, 5.74) is 1.97. The molecule has 7 heteroatoms. The van der Waals surface area contributed by atoms with Crippen molar-refractivity contribution in [2.75, 3.05) is 26.0 Å². The number of carbonyl (C=O) groups is 1. The van der Waals surface area contributed by atoms with E-state index in [0.717, 1.165) is 24.2 Å². The molecule has 1 fully saturated rings. The van der Waals surface area contributed by atoms with Gasteiger partial charge in [-0.25, -0.2) is 12.7 Å². The van der Waals surface area contributed by atoms with Crippen molar-refractivity contribution in [3.05, 3.63) is 65.7 Å². The van der Waals surface area contributed by atoms with E-state index in [1.807, 2.05) is 54.6 Å². The molecule has 1 aliphatic rings. The molecule has 0 spiro atoms. The van der Waals surface area contributed by atoms with Gasteiger partial charge in [-0.1, -0.05) is 42.2 Å². The monoisotopic (exact) mass is 426 g/mol. The van der Waals surface area contributed by atoms with Crippen molar-refractivity contribution in [2.45, 2.75) is 24.8 Å². The van der Waals surface area contributed by atoms with Crippen molar-refractivity contribution in [2.24, 2.45) is 0 Å². The van der Waals surface area contributed by atoms with Gasteiger partial charge in [0.25, 0.3) is 0 Å². The molecule has 1 atom stereocenters. The number of benzene rings is 2. The van der Waals surface area contributed by atoms with Crippen LogP contribution in [0.1, 0.15) is 29.9 Å². The molecule has 0 aliphatic carbocycles. The number of hydrogen-bond acceptors (Lipinski definition) is 4. The Hall–Kier alpha value is -2.82. The fourth-order valence-corrected chi connectivity index (χ4v) is 5.14. The minimum absolute atomic E-state index is 0.237. The normalized spacial score (nSPS) is 16.2. The first-order chi connectivity index (χ1) is 14.5. The molecule has 1 amide bonds. The predicted octanol–water partition coefficient (Wildman–Crippen LogP) is 2.37. The first kappa shape index (κ1) is 21.9. The number of piperidine rings is 1. The third-order valence-corrected chi connectivity index (χ3v) is 7.15. The summed E-state index contributed by atoms with van der Waals surface area (Å²) in [5, 5.41) is 2.52. The second-order valence-electron chi connectivity index (χ2n) is 7.20. The number of nitrogens with one attached hydrogen (secondary N) is 1. The Morgan fingerprint density at radius 1 is 1.13 bits per heavy atom. The van der Waals surface area contributed by atoms with E-state index in [-0.39, 0.29) is 5.75 Å². The van der Waals surface area contributed by atoms with Crippen molar-refractivity contribution < 1.29 is 17.9 Å². The summed E-state index contributed by atoms with van der Waals surface area (Å²) in [5.74, 6) is 6.69. The maximum absolute atomic E-state index is 12.9. The maximum Gasteiger partial charge on any atom is 0.217 e. The molecule has 1 N–H and O–H groups in total. The Balaban J connectivity index is 1.62. The number of carbonyl (C=O) groups excluding carboxylic acids is 1. The third kappa shape index (κ3) is 5.85. The average molecular weight is 427 g/mol. The van der Waals surface area contributed by atoms with E-state index in [9.17, 15) is 13.2 Å². The minimum Gasteiger partial charge on any atom is -0.497 e. The average Bonchev–Trinajstić information content (AvgIpc) is 2.78. The summed E-state index contributed by atoms with van der Waals surface area (Å²) in [6.07, 6.45) is 2.01. The van der Waals surface area contributed by atoms with Gasteiger partial charge in [0.05, 0.1) is 12.9 Å². The van der Waals surface area contributed by atoms with Gasteiger partial charge in [-0.15, -0.1) is 0 Å². The number of sulfonamides is 1. The Labute approximate surface area is 178 Å². The highest BCUT2D eigenvalue weighted by atomic mass is 32.2. The van der Waals surface area contributed by atoms with Gasteiger partial charge >= 0.3 is 0 Å². The lowest BCUT2D eigenvalue weighted by atomic mass is 9.90. The van der Waals surface area contributed by atoms with Crippen molar-refractivity contribution >= 4 is 16.4 Å². The minimum atomic E-state index is -3.54. The van der Waals surface area contributed by atoms with E-state index in [2.05, 4.69) is 17.2 Å². The van der Waals surface area contributed by atoms with Crippen LogP contribution in [-0.2, 0) is 14.8 Å². The smallest absolute Gasteiger partial charge is 0.217 e. The summed E-state index contributed by atoms with van der Waals surface area (Å²) in [6.45, 7) is 0.915. The molecule has 1 aliphatic heterocycles. The maximum atomic E-state index is 12.9. The van der Waals surface area contributed by atoms with Gasteiger partial charge in [0.1, 0.15) is 11.8 Å². The van der Waals surface area contributed by atoms with Crippen molar-refractivity contribution in [1.29, 1.82) is 0 Å². The van der Waals surface area contributed by atoms with E-state index in [4.69, 9.17) is 4.74 Å². The van der Waals surface area contributed by atoms with Crippen LogP contribution >= 0.6 is 0 Å². The summed E-state index contributed by atoms with van der Waals surface area (Å²) in [7, 11) is -1.90. The number of ether oxygens (including phenoxy) is 1. The molecular weight excluding hydrogens is 400 g/mol. The number of methoxy groups -OCH3 is 1. The van der Waals surface area contributed by atoms with Crippen molar-refractivity contribution in [3.63, 3.8) is 0 Å². The summed E-state index contributed by atoms with van der Waals surface area (Å²) in [4.78, 5) is 10.9. The van der Waals surface area contributed by atoms with E-state index in [1.165, 1.54) is 9.87 Å². The van der Waals surface area contributed by atoms with Gasteiger partial charge in [0.2, 0.25) is 16.4 Å². The van der Waals surface area contributed by atoms with Crippen LogP contribution in [0.3, 0.4) is 0 Å². The number of hydrogen-bond donors (Lipinski definition) is 1. The zero-order valence-corrected chi connectivity index (χ0v) is 17.8. The number of amides is 1. The van der Waals surface area contributed by atoms with Crippen LogP contribution in [0.2, 0.25) is 0 Å². The van der Waals surface area contributed by atoms with E-state index >= 15 is 0 Å². The molecule has 0 bridgehead atoms. The van der Waals surface area contributed by atoms with Gasteiger partial charge in [-0.05, 0) is 48.6 Å². The molecule has 0 saturated carbocycles. The molecule has 1 heterocycles. The lowest BCUT2D eigenvalue weighted by Crippen LogP contribution is -2.44. The van der Waals surface area contributed by atoms with Crippen LogP contribution in [0.5, 0.6) is 5.75 Å². The Morgan fingerprint density at radius 3 is 2.40 bits per heavy atom. The Kier molecular flexibility index (Phi) is 7.50. The first-order valence-corrected chi connectivity index (χ1v) is 11.5. The van der Waals surface area contributed by atoms with Gasteiger partial charge < -0.3 is 10.1 Å². The molecule has 2 aromatic rings. The van der Waals surface area contributed by atoms with Crippen LogP contribution in [0.4, 0.5) is 0 Å². The fraction of sp³-hybridized carbons (Fsp3) is 0.348. The standard InChI is InChI=1S/C23H26N2O4S/c1-29-23-11-8-20(9-12-23)21-13-15-25(16-14-21)30(27,28)17-22(24-18-26)10-7-19-5-3-2-4-6-19/h2-6,8-9,11-12,18,21-22H,13-17H2,1H3,(H,24,26). The van der Waals surface area contributed by atoms with Gasteiger partial charge in [-0.2, -0.15) is 0 Å². The van der Waals surface area contributed by atoms with Crippen LogP contribution in [0, 0.1) is 11.8 Å². The molecule has 1 saturated heterocycles. The van der Waals surface area contributed by atoms with Crippen LogP contribution in [-0.4, -0.2) is 51.1 Å². The quantitative estimate of drug-likeness (QED) is 0.545. The van der Waals surface area contributed by atoms with E-state index in [0.29, 0.717) is 25.4 Å². The van der Waals surface area contributed by atoms with Gasteiger partial charge in [-0.3, -0.25) is 4.79 Å². The first-order valence-electron chi connectivity index (χ1n) is 9.90. The molecular formula is C23H26N2O4S. The van der Waals surface area contributed by atoms with E-state index in [1.54, 1.807) is 7.11 Å². The molecule has 0 radical (unpaired) electrons. The highest BCUT2D eigenvalue weighted by Crippen LogP contribution is 2.30.